The van der Waals surface area contributed by atoms with E-state index in [4.69, 9.17) is 0 Å². The van der Waals surface area contributed by atoms with Crippen molar-refractivity contribution >= 4 is 5.91 Å². The van der Waals surface area contributed by atoms with Gasteiger partial charge in [0.25, 0.3) is 0 Å². The lowest BCUT2D eigenvalue weighted by atomic mass is 9.98. The van der Waals surface area contributed by atoms with E-state index in [1.165, 1.54) is 5.56 Å². The van der Waals surface area contributed by atoms with Gasteiger partial charge in [0.05, 0.1) is 23.6 Å². The zero-order valence-corrected chi connectivity index (χ0v) is 12.0. The number of aryl methyl sites for hydroxylation is 1. The lowest BCUT2D eigenvalue weighted by Crippen LogP contribution is -2.40. The van der Waals surface area contributed by atoms with E-state index in [2.05, 4.69) is 20.6 Å². The van der Waals surface area contributed by atoms with Crippen molar-refractivity contribution in [2.45, 2.75) is 18.9 Å². The number of amides is 1. The average molecular weight is 285 g/mol. The summed E-state index contributed by atoms with van der Waals surface area (Å²) in [5.74, 6) is -0.111. The van der Waals surface area contributed by atoms with Crippen molar-refractivity contribution in [2.24, 2.45) is 7.05 Å². The second-order valence-electron chi connectivity index (χ2n) is 5.27. The van der Waals surface area contributed by atoms with Gasteiger partial charge in [-0.2, -0.15) is 0 Å². The summed E-state index contributed by atoms with van der Waals surface area (Å²) in [7, 11) is 1.94. The third-order valence-corrected chi connectivity index (χ3v) is 3.81. The van der Waals surface area contributed by atoms with Crippen LogP contribution in [0.5, 0.6) is 0 Å². The molecule has 0 saturated heterocycles. The molecule has 6 nitrogen and oxygen atoms in total. The van der Waals surface area contributed by atoms with Crippen molar-refractivity contribution in [1.82, 2.24) is 25.2 Å². The molecule has 1 atom stereocenters. The molecule has 0 radical (unpaired) electrons. The van der Waals surface area contributed by atoms with Crippen molar-refractivity contribution in [3.05, 3.63) is 47.8 Å². The van der Waals surface area contributed by atoms with E-state index in [0.717, 1.165) is 24.4 Å². The molecule has 21 heavy (non-hydrogen) atoms. The van der Waals surface area contributed by atoms with Gasteiger partial charge >= 0.3 is 0 Å². The number of imidazole rings is 1. The number of aromatic nitrogens is 3. The fourth-order valence-electron chi connectivity index (χ4n) is 2.72. The van der Waals surface area contributed by atoms with Crippen molar-refractivity contribution < 1.29 is 4.79 Å². The smallest absolute Gasteiger partial charge is 0.230 e. The normalized spacial score (nSPS) is 17.3. The summed E-state index contributed by atoms with van der Waals surface area (Å²) < 4.78 is 1.95. The number of hydrogen-bond donors (Lipinski definition) is 2. The Balaban J connectivity index is 1.60. The number of pyridine rings is 1. The van der Waals surface area contributed by atoms with Crippen LogP contribution in [0.2, 0.25) is 0 Å². The zero-order valence-electron chi connectivity index (χ0n) is 12.0. The first kappa shape index (κ1) is 13.8. The Hall–Kier alpha value is -2.21. The molecule has 0 spiro atoms. The molecule has 110 valence electrons. The molecular weight excluding hydrogens is 266 g/mol. The first-order valence-electron chi connectivity index (χ1n) is 7.13. The van der Waals surface area contributed by atoms with Crippen molar-refractivity contribution in [3.63, 3.8) is 0 Å². The van der Waals surface area contributed by atoms with E-state index < -0.39 is 0 Å². The predicted molar refractivity (Wildman–Crippen MR) is 78.6 cm³/mol. The molecule has 0 aliphatic carbocycles. The van der Waals surface area contributed by atoms with E-state index in [9.17, 15) is 4.79 Å². The van der Waals surface area contributed by atoms with Gasteiger partial charge in [0.15, 0.2) is 0 Å². The molecule has 2 aromatic heterocycles. The molecule has 2 aromatic rings. The van der Waals surface area contributed by atoms with Crippen LogP contribution in [0.4, 0.5) is 0 Å². The number of rotatable bonds is 4. The summed E-state index contributed by atoms with van der Waals surface area (Å²) in [5.41, 5.74) is 3.17. The fraction of sp³-hybridized carbons (Fsp3) is 0.400. The second kappa shape index (κ2) is 6.05. The molecule has 0 aromatic carbocycles. The highest BCUT2D eigenvalue weighted by Crippen LogP contribution is 2.22. The van der Waals surface area contributed by atoms with Crippen LogP contribution >= 0.6 is 0 Å². The van der Waals surface area contributed by atoms with E-state index in [-0.39, 0.29) is 11.8 Å². The molecule has 0 bridgehead atoms. The SMILES string of the molecule is Cn1cnc2c1C(C(=O)NCCc1ccncc1)CNC2. The standard InChI is InChI=1S/C15H19N5O/c1-20-10-19-13-9-17-8-12(14(13)20)15(21)18-7-4-11-2-5-16-6-3-11/h2-3,5-6,10,12,17H,4,7-9H2,1H3,(H,18,21). The Morgan fingerprint density at radius 3 is 3.10 bits per heavy atom. The molecule has 6 heteroatoms. The van der Waals surface area contributed by atoms with Crippen LogP contribution in [-0.4, -0.2) is 33.5 Å². The number of nitrogens with zero attached hydrogens (tertiary/aromatic N) is 3. The van der Waals surface area contributed by atoms with Crippen LogP contribution in [0.1, 0.15) is 22.9 Å². The summed E-state index contributed by atoms with van der Waals surface area (Å²) in [6.45, 7) is 2.02. The lowest BCUT2D eigenvalue weighted by Gasteiger charge is -2.23. The second-order valence-corrected chi connectivity index (χ2v) is 5.27. The van der Waals surface area contributed by atoms with Crippen LogP contribution in [0.25, 0.3) is 0 Å². The van der Waals surface area contributed by atoms with E-state index in [1.807, 2.05) is 23.7 Å². The predicted octanol–water partition coefficient (Wildman–Crippen LogP) is 0.361. The maximum absolute atomic E-state index is 12.4. The maximum atomic E-state index is 12.4. The number of nitrogens with one attached hydrogen (secondary N) is 2. The Morgan fingerprint density at radius 2 is 2.29 bits per heavy atom. The van der Waals surface area contributed by atoms with Gasteiger partial charge in [-0.25, -0.2) is 4.98 Å². The summed E-state index contributed by atoms with van der Waals surface area (Å²) in [4.78, 5) is 20.7. The Kier molecular flexibility index (Phi) is 3.96. The van der Waals surface area contributed by atoms with E-state index in [1.54, 1.807) is 18.7 Å². The Morgan fingerprint density at radius 1 is 1.48 bits per heavy atom. The molecule has 1 aliphatic heterocycles. The summed E-state index contributed by atoms with van der Waals surface area (Å²) in [6.07, 6.45) is 6.12. The molecule has 3 rings (SSSR count). The first-order valence-corrected chi connectivity index (χ1v) is 7.13. The molecule has 3 heterocycles. The van der Waals surface area contributed by atoms with Gasteiger partial charge in [-0.3, -0.25) is 9.78 Å². The Labute approximate surface area is 123 Å². The minimum Gasteiger partial charge on any atom is -0.355 e. The fourth-order valence-corrected chi connectivity index (χ4v) is 2.72. The Bertz CT molecular complexity index is 622. The first-order chi connectivity index (χ1) is 10.3. The number of fused-ring (bicyclic) bond motifs is 1. The third kappa shape index (κ3) is 2.95. The van der Waals surface area contributed by atoms with Crippen LogP contribution in [0.15, 0.2) is 30.9 Å². The van der Waals surface area contributed by atoms with Crippen molar-refractivity contribution in [1.29, 1.82) is 0 Å². The monoisotopic (exact) mass is 285 g/mol. The number of carbonyl (C=O) groups is 1. The van der Waals surface area contributed by atoms with Gasteiger partial charge < -0.3 is 15.2 Å². The molecule has 0 saturated carbocycles. The minimum absolute atomic E-state index is 0.0566. The molecule has 0 fully saturated rings. The molecule has 2 N–H and O–H groups in total. The maximum Gasteiger partial charge on any atom is 0.230 e. The van der Waals surface area contributed by atoms with Gasteiger partial charge in [-0.1, -0.05) is 0 Å². The highest BCUT2D eigenvalue weighted by atomic mass is 16.1. The van der Waals surface area contributed by atoms with Gasteiger partial charge in [-0.15, -0.1) is 0 Å². The highest BCUT2D eigenvalue weighted by Gasteiger charge is 2.29. The summed E-state index contributed by atoms with van der Waals surface area (Å²) >= 11 is 0. The lowest BCUT2D eigenvalue weighted by molar-refractivity contribution is -0.122. The molecular formula is C15H19N5O. The average Bonchev–Trinajstić information content (AvgIpc) is 2.90. The number of hydrogen-bond acceptors (Lipinski definition) is 4. The van der Waals surface area contributed by atoms with E-state index >= 15 is 0 Å². The topological polar surface area (TPSA) is 71.8 Å². The van der Waals surface area contributed by atoms with Crippen molar-refractivity contribution in [2.75, 3.05) is 13.1 Å². The molecule has 1 amide bonds. The highest BCUT2D eigenvalue weighted by molar-refractivity contribution is 5.84. The van der Waals surface area contributed by atoms with Crippen LogP contribution in [0, 0.1) is 0 Å². The van der Waals surface area contributed by atoms with Crippen LogP contribution in [0.3, 0.4) is 0 Å². The minimum atomic E-state index is -0.168. The van der Waals surface area contributed by atoms with Crippen LogP contribution < -0.4 is 10.6 Å². The van der Waals surface area contributed by atoms with Crippen LogP contribution in [-0.2, 0) is 24.8 Å². The summed E-state index contributed by atoms with van der Waals surface area (Å²) in [5, 5.41) is 6.27. The third-order valence-electron chi connectivity index (χ3n) is 3.81. The zero-order chi connectivity index (χ0) is 14.7. The summed E-state index contributed by atoms with van der Waals surface area (Å²) in [6, 6.07) is 3.93. The van der Waals surface area contributed by atoms with Gasteiger partial charge in [0.1, 0.15) is 0 Å². The molecule has 1 unspecified atom stereocenters. The van der Waals surface area contributed by atoms with Gasteiger partial charge in [-0.05, 0) is 24.1 Å². The van der Waals surface area contributed by atoms with Gasteiger partial charge in [0.2, 0.25) is 5.91 Å². The largest absolute Gasteiger partial charge is 0.355 e. The molecule has 1 aliphatic rings. The quantitative estimate of drug-likeness (QED) is 0.851. The van der Waals surface area contributed by atoms with E-state index in [0.29, 0.717) is 13.1 Å². The van der Waals surface area contributed by atoms with Crippen molar-refractivity contribution in [3.8, 4) is 0 Å². The number of carbonyl (C=O) groups excluding carboxylic acids is 1. The van der Waals surface area contributed by atoms with Gasteiger partial charge in [0, 0.05) is 39.1 Å².